The molecule has 1 unspecified atom stereocenters. The van der Waals surface area contributed by atoms with Gasteiger partial charge in [-0.05, 0) is 30.3 Å². The number of rotatable bonds is 4. The molecular formula is C12H14FN3S. The first-order valence-corrected chi connectivity index (χ1v) is 6.27. The predicted octanol–water partition coefficient (Wildman–Crippen LogP) is 2.35. The van der Waals surface area contributed by atoms with Crippen LogP contribution in [0.5, 0.6) is 0 Å². The van der Waals surface area contributed by atoms with Gasteiger partial charge in [0, 0.05) is 23.9 Å². The summed E-state index contributed by atoms with van der Waals surface area (Å²) in [7, 11) is 1.86. The first-order chi connectivity index (χ1) is 8.15. The molecule has 0 saturated heterocycles. The summed E-state index contributed by atoms with van der Waals surface area (Å²) in [5.41, 5.74) is 6.89. The summed E-state index contributed by atoms with van der Waals surface area (Å²) in [5.74, 6) is 0.506. The molecule has 1 aromatic heterocycles. The van der Waals surface area contributed by atoms with E-state index in [1.807, 2.05) is 19.3 Å². The molecule has 1 aromatic carbocycles. The molecule has 0 aliphatic rings. The van der Waals surface area contributed by atoms with Crippen molar-refractivity contribution in [3.63, 3.8) is 0 Å². The molecule has 1 heterocycles. The van der Waals surface area contributed by atoms with Crippen LogP contribution in [0.4, 0.5) is 4.39 Å². The van der Waals surface area contributed by atoms with Gasteiger partial charge < -0.3 is 5.73 Å². The number of halogens is 1. The van der Waals surface area contributed by atoms with E-state index in [1.165, 1.54) is 12.1 Å². The Labute approximate surface area is 104 Å². The highest BCUT2D eigenvalue weighted by Gasteiger charge is 2.09. The summed E-state index contributed by atoms with van der Waals surface area (Å²) in [6, 6.07) is 8.22. The predicted molar refractivity (Wildman–Crippen MR) is 67.3 cm³/mol. The van der Waals surface area contributed by atoms with Crippen LogP contribution in [-0.4, -0.2) is 15.5 Å². The second-order valence-electron chi connectivity index (χ2n) is 3.79. The molecule has 2 aromatic rings. The third-order valence-corrected chi connectivity index (χ3v) is 3.49. The van der Waals surface area contributed by atoms with E-state index in [0.717, 1.165) is 16.3 Å². The Bertz CT molecular complexity index is 481. The minimum Gasteiger partial charge on any atom is -0.322 e. The summed E-state index contributed by atoms with van der Waals surface area (Å²) in [5, 5.41) is 4.26. The minimum atomic E-state index is -0.219. The van der Waals surface area contributed by atoms with Crippen LogP contribution in [0.25, 0.3) is 0 Å². The zero-order valence-electron chi connectivity index (χ0n) is 9.51. The van der Waals surface area contributed by atoms with E-state index in [2.05, 4.69) is 5.10 Å². The summed E-state index contributed by atoms with van der Waals surface area (Å²) < 4.78 is 14.4. The lowest BCUT2D eigenvalue weighted by Gasteiger charge is -2.08. The number of aromatic nitrogens is 2. The van der Waals surface area contributed by atoms with Gasteiger partial charge in [-0.2, -0.15) is 5.10 Å². The van der Waals surface area contributed by atoms with Gasteiger partial charge in [0.1, 0.15) is 5.82 Å². The Morgan fingerprint density at radius 1 is 1.35 bits per heavy atom. The van der Waals surface area contributed by atoms with Gasteiger partial charge in [-0.3, -0.25) is 4.68 Å². The lowest BCUT2D eigenvalue weighted by Crippen LogP contribution is -2.14. The maximum Gasteiger partial charge on any atom is 0.123 e. The van der Waals surface area contributed by atoms with Gasteiger partial charge in [-0.25, -0.2) is 4.39 Å². The van der Waals surface area contributed by atoms with Crippen molar-refractivity contribution < 1.29 is 4.39 Å². The molecule has 17 heavy (non-hydrogen) atoms. The first-order valence-electron chi connectivity index (χ1n) is 5.28. The van der Waals surface area contributed by atoms with Crippen LogP contribution in [-0.2, 0) is 7.05 Å². The van der Waals surface area contributed by atoms with Crippen molar-refractivity contribution in [2.45, 2.75) is 10.9 Å². The maximum absolute atomic E-state index is 12.7. The Hall–Kier alpha value is -1.33. The minimum absolute atomic E-state index is 0.105. The molecule has 2 rings (SSSR count). The van der Waals surface area contributed by atoms with Crippen LogP contribution >= 0.6 is 11.8 Å². The van der Waals surface area contributed by atoms with Crippen molar-refractivity contribution in [2.24, 2.45) is 12.8 Å². The van der Waals surface area contributed by atoms with Crippen molar-refractivity contribution in [3.05, 3.63) is 48.0 Å². The fraction of sp³-hybridized carbons (Fsp3) is 0.250. The fourth-order valence-corrected chi connectivity index (χ4v) is 2.30. The Morgan fingerprint density at radius 3 is 2.65 bits per heavy atom. The molecule has 3 nitrogen and oxygen atoms in total. The van der Waals surface area contributed by atoms with Crippen LogP contribution in [0.2, 0.25) is 0 Å². The van der Waals surface area contributed by atoms with Gasteiger partial charge in [-0.15, -0.1) is 11.8 Å². The van der Waals surface area contributed by atoms with E-state index in [1.54, 1.807) is 28.6 Å². The molecule has 0 saturated carbocycles. The van der Waals surface area contributed by atoms with Gasteiger partial charge in [0.05, 0.1) is 11.7 Å². The molecule has 0 aliphatic heterocycles. The van der Waals surface area contributed by atoms with E-state index >= 15 is 0 Å². The number of benzene rings is 1. The molecule has 1 atom stereocenters. The van der Waals surface area contributed by atoms with E-state index in [0.29, 0.717) is 0 Å². The maximum atomic E-state index is 12.7. The largest absolute Gasteiger partial charge is 0.322 e. The zero-order valence-corrected chi connectivity index (χ0v) is 10.3. The first kappa shape index (κ1) is 12.1. The summed E-state index contributed by atoms with van der Waals surface area (Å²) in [6.07, 6.45) is 1.87. The Kier molecular flexibility index (Phi) is 3.81. The van der Waals surface area contributed by atoms with Crippen molar-refractivity contribution in [3.8, 4) is 0 Å². The van der Waals surface area contributed by atoms with Crippen LogP contribution in [0, 0.1) is 5.82 Å². The lowest BCUT2D eigenvalue weighted by atomic mass is 10.3. The highest BCUT2D eigenvalue weighted by Crippen LogP contribution is 2.22. The summed E-state index contributed by atoms with van der Waals surface area (Å²) >= 11 is 1.60. The standard InChI is InChI=1S/C12H14FN3S/c1-16-7-6-12(15-16)11(14)8-17-10-4-2-9(13)3-5-10/h2-7,11H,8,14H2,1H3. The topological polar surface area (TPSA) is 43.8 Å². The molecule has 5 heteroatoms. The number of nitrogens with two attached hydrogens (primary N) is 1. The van der Waals surface area contributed by atoms with Crippen molar-refractivity contribution in [2.75, 3.05) is 5.75 Å². The monoisotopic (exact) mass is 251 g/mol. The smallest absolute Gasteiger partial charge is 0.123 e. The van der Waals surface area contributed by atoms with E-state index < -0.39 is 0 Å². The summed E-state index contributed by atoms with van der Waals surface area (Å²) in [4.78, 5) is 1.01. The van der Waals surface area contributed by atoms with E-state index in [4.69, 9.17) is 5.73 Å². The Morgan fingerprint density at radius 2 is 2.06 bits per heavy atom. The fourth-order valence-electron chi connectivity index (χ4n) is 1.43. The van der Waals surface area contributed by atoms with Gasteiger partial charge >= 0.3 is 0 Å². The van der Waals surface area contributed by atoms with Crippen LogP contribution < -0.4 is 5.73 Å². The SMILES string of the molecule is Cn1ccc(C(N)CSc2ccc(F)cc2)n1. The normalized spacial score (nSPS) is 12.6. The van der Waals surface area contributed by atoms with Crippen LogP contribution in [0.1, 0.15) is 11.7 Å². The second kappa shape index (κ2) is 5.33. The van der Waals surface area contributed by atoms with Gasteiger partial charge in [-0.1, -0.05) is 0 Å². The number of nitrogens with zero attached hydrogens (tertiary/aromatic N) is 2. The average Bonchev–Trinajstić information content (AvgIpc) is 2.75. The Balaban J connectivity index is 1.92. The number of hydrogen-bond acceptors (Lipinski definition) is 3. The summed E-state index contributed by atoms with van der Waals surface area (Å²) in [6.45, 7) is 0. The van der Waals surface area contributed by atoms with Gasteiger partial charge in [0.25, 0.3) is 0 Å². The van der Waals surface area contributed by atoms with Crippen LogP contribution in [0.3, 0.4) is 0 Å². The highest BCUT2D eigenvalue weighted by molar-refractivity contribution is 7.99. The molecule has 0 fully saturated rings. The number of hydrogen-bond donors (Lipinski definition) is 1. The molecule has 0 radical (unpaired) electrons. The van der Waals surface area contributed by atoms with Crippen LogP contribution in [0.15, 0.2) is 41.4 Å². The van der Waals surface area contributed by atoms with Gasteiger partial charge in [0.15, 0.2) is 0 Å². The second-order valence-corrected chi connectivity index (χ2v) is 4.88. The highest BCUT2D eigenvalue weighted by atomic mass is 32.2. The van der Waals surface area contributed by atoms with Gasteiger partial charge in [0.2, 0.25) is 0 Å². The molecule has 2 N–H and O–H groups in total. The van der Waals surface area contributed by atoms with E-state index in [-0.39, 0.29) is 11.9 Å². The van der Waals surface area contributed by atoms with Crippen molar-refractivity contribution in [1.29, 1.82) is 0 Å². The zero-order chi connectivity index (χ0) is 12.3. The molecule has 90 valence electrons. The third-order valence-electron chi connectivity index (χ3n) is 2.36. The number of thioether (sulfide) groups is 1. The number of aryl methyl sites for hydroxylation is 1. The molecule has 0 bridgehead atoms. The van der Waals surface area contributed by atoms with E-state index in [9.17, 15) is 4.39 Å². The lowest BCUT2D eigenvalue weighted by molar-refractivity contribution is 0.626. The van der Waals surface area contributed by atoms with Crippen molar-refractivity contribution >= 4 is 11.8 Å². The molecule has 0 spiro atoms. The molecule has 0 amide bonds. The third kappa shape index (κ3) is 3.31. The van der Waals surface area contributed by atoms with Crippen molar-refractivity contribution in [1.82, 2.24) is 9.78 Å². The molecule has 0 aliphatic carbocycles. The average molecular weight is 251 g/mol. The quantitative estimate of drug-likeness (QED) is 0.848. The molecular weight excluding hydrogens is 237 g/mol.